The van der Waals surface area contributed by atoms with Crippen molar-refractivity contribution in [2.24, 2.45) is 0 Å². The highest BCUT2D eigenvalue weighted by molar-refractivity contribution is 7.91. The summed E-state index contributed by atoms with van der Waals surface area (Å²) in [6.07, 6.45) is 0.700. The van der Waals surface area contributed by atoms with Gasteiger partial charge in [-0.15, -0.1) is 0 Å². The summed E-state index contributed by atoms with van der Waals surface area (Å²) in [4.78, 5) is 23.2. The summed E-state index contributed by atoms with van der Waals surface area (Å²) in [5, 5.41) is 8.65. The second-order valence-corrected chi connectivity index (χ2v) is 5.83. The van der Waals surface area contributed by atoms with E-state index in [1.165, 1.54) is 4.90 Å². The molecule has 1 unspecified atom stereocenters. The van der Waals surface area contributed by atoms with Gasteiger partial charge in [0.05, 0.1) is 24.0 Å². The first kappa shape index (κ1) is 12.7. The van der Waals surface area contributed by atoms with Crippen molar-refractivity contribution in [3.63, 3.8) is 0 Å². The van der Waals surface area contributed by atoms with Crippen molar-refractivity contribution in [1.29, 1.82) is 0 Å². The van der Waals surface area contributed by atoms with E-state index in [1.54, 1.807) is 0 Å². The summed E-state index contributed by atoms with van der Waals surface area (Å²) in [5.74, 6) is -1.97. The minimum atomic E-state index is -3.24. The standard InChI is InChI=1S/C9H13NO5S/c1-2-8(11)10-3-4-16(14,15)6-7(10)5-9(12)13/h2,7H,1,3-6H2,(H,12,13). The molecule has 1 aliphatic rings. The second kappa shape index (κ2) is 4.65. The van der Waals surface area contributed by atoms with E-state index in [2.05, 4.69) is 6.58 Å². The SMILES string of the molecule is C=CC(=O)N1CCS(=O)(=O)CC1CC(=O)O. The van der Waals surface area contributed by atoms with E-state index in [9.17, 15) is 18.0 Å². The third-order valence-electron chi connectivity index (χ3n) is 2.40. The largest absolute Gasteiger partial charge is 0.481 e. The van der Waals surface area contributed by atoms with Gasteiger partial charge >= 0.3 is 5.97 Å². The van der Waals surface area contributed by atoms with Crippen molar-refractivity contribution < 1.29 is 23.1 Å². The molecule has 0 aromatic rings. The lowest BCUT2D eigenvalue weighted by Gasteiger charge is -2.33. The Labute approximate surface area is 93.5 Å². The van der Waals surface area contributed by atoms with Gasteiger partial charge in [-0.25, -0.2) is 8.42 Å². The van der Waals surface area contributed by atoms with Crippen LogP contribution in [-0.2, 0) is 19.4 Å². The zero-order chi connectivity index (χ0) is 12.3. The molecule has 0 aromatic heterocycles. The Kier molecular flexibility index (Phi) is 3.69. The zero-order valence-corrected chi connectivity index (χ0v) is 9.44. The van der Waals surface area contributed by atoms with E-state index in [1.807, 2.05) is 0 Å². The minimum absolute atomic E-state index is 0.0329. The fourth-order valence-corrected chi connectivity index (χ4v) is 3.19. The lowest BCUT2D eigenvalue weighted by atomic mass is 10.2. The Morgan fingerprint density at radius 3 is 2.62 bits per heavy atom. The van der Waals surface area contributed by atoms with Gasteiger partial charge in [0.25, 0.3) is 0 Å². The van der Waals surface area contributed by atoms with E-state index in [0.717, 1.165) is 6.08 Å². The molecule has 1 amide bonds. The maximum Gasteiger partial charge on any atom is 0.305 e. The third kappa shape index (κ3) is 3.06. The molecule has 90 valence electrons. The number of hydrogen-bond acceptors (Lipinski definition) is 4. The predicted octanol–water partition coefficient (Wildman–Crippen LogP) is -0.727. The number of carbonyl (C=O) groups is 2. The molecule has 0 radical (unpaired) electrons. The maximum absolute atomic E-state index is 11.4. The molecule has 6 nitrogen and oxygen atoms in total. The van der Waals surface area contributed by atoms with Gasteiger partial charge in [-0.1, -0.05) is 6.58 Å². The van der Waals surface area contributed by atoms with Gasteiger partial charge in [-0.3, -0.25) is 9.59 Å². The molecule has 1 atom stereocenters. The van der Waals surface area contributed by atoms with Gasteiger partial charge in [0.15, 0.2) is 9.84 Å². The Bertz CT molecular complexity index is 414. The van der Waals surface area contributed by atoms with E-state index < -0.39 is 27.8 Å². The molecule has 1 saturated heterocycles. The lowest BCUT2D eigenvalue weighted by molar-refractivity contribution is -0.139. The van der Waals surface area contributed by atoms with Crippen molar-refractivity contribution in [1.82, 2.24) is 4.90 Å². The minimum Gasteiger partial charge on any atom is -0.481 e. The van der Waals surface area contributed by atoms with E-state index in [0.29, 0.717) is 0 Å². The van der Waals surface area contributed by atoms with Gasteiger partial charge in [0, 0.05) is 6.54 Å². The first-order chi connectivity index (χ1) is 7.35. The van der Waals surface area contributed by atoms with Gasteiger partial charge < -0.3 is 10.0 Å². The highest BCUT2D eigenvalue weighted by Crippen LogP contribution is 2.15. The maximum atomic E-state index is 11.4. The quantitative estimate of drug-likeness (QED) is 0.664. The highest BCUT2D eigenvalue weighted by Gasteiger charge is 2.34. The number of carboxylic acid groups (broad SMARTS) is 1. The van der Waals surface area contributed by atoms with Crippen LogP contribution in [0.15, 0.2) is 12.7 Å². The second-order valence-electron chi connectivity index (χ2n) is 3.60. The lowest BCUT2D eigenvalue weighted by Crippen LogP contribution is -2.51. The van der Waals surface area contributed by atoms with E-state index >= 15 is 0 Å². The van der Waals surface area contributed by atoms with E-state index in [4.69, 9.17) is 5.11 Å². The Morgan fingerprint density at radius 1 is 1.50 bits per heavy atom. The normalized spacial score (nSPS) is 23.8. The van der Waals surface area contributed by atoms with Gasteiger partial charge in [-0.2, -0.15) is 0 Å². The molecule has 1 heterocycles. The first-order valence-electron chi connectivity index (χ1n) is 4.71. The van der Waals surface area contributed by atoms with Crippen LogP contribution in [0.5, 0.6) is 0 Å². The summed E-state index contributed by atoms with van der Waals surface area (Å²) in [7, 11) is -3.24. The average molecular weight is 247 g/mol. The average Bonchev–Trinajstić information content (AvgIpc) is 2.14. The van der Waals surface area contributed by atoms with Crippen LogP contribution >= 0.6 is 0 Å². The molecule has 1 aliphatic heterocycles. The highest BCUT2D eigenvalue weighted by atomic mass is 32.2. The number of hydrogen-bond donors (Lipinski definition) is 1. The number of carbonyl (C=O) groups excluding carboxylic acids is 1. The van der Waals surface area contributed by atoms with E-state index in [-0.39, 0.29) is 24.5 Å². The molecular weight excluding hydrogens is 234 g/mol. The summed E-state index contributed by atoms with van der Waals surface area (Å²) in [6, 6.07) is -0.790. The van der Waals surface area contributed by atoms with Crippen molar-refractivity contribution in [3.05, 3.63) is 12.7 Å². The van der Waals surface area contributed by atoms with Crippen LogP contribution in [0, 0.1) is 0 Å². The van der Waals surface area contributed by atoms with Gasteiger partial charge in [-0.05, 0) is 6.08 Å². The number of aliphatic carboxylic acids is 1. The molecule has 0 aromatic carbocycles. The summed E-state index contributed by atoms with van der Waals surface area (Å²) in [5.41, 5.74) is 0. The van der Waals surface area contributed by atoms with Crippen LogP contribution in [0.25, 0.3) is 0 Å². The first-order valence-corrected chi connectivity index (χ1v) is 6.53. The van der Waals surface area contributed by atoms with Crippen molar-refractivity contribution in [2.45, 2.75) is 12.5 Å². The van der Waals surface area contributed by atoms with Crippen LogP contribution in [0.2, 0.25) is 0 Å². The Hall–Kier alpha value is -1.37. The fraction of sp³-hybridized carbons (Fsp3) is 0.556. The molecule has 1 fully saturated rings. The van der Waals surface area contributed by atoms with Crippen LogP contribution < -0.4 is 0 Å². The number of rotatable bonds is 3. The van der Waals surface area contributed by atoms with Crippen molar-refractivity contribution in [3.8, 4) is 0 Å². The van der Waals surface area contributed by atoms with Crippen molar-refractivity contribution in [2.75, 3.05) is 18.1 Å². The topological polar surface area (TPSA) is 91.8 Å². The molecule has 0 bridgehead atoms. The van der Waals surface area contributed by atoms with Crippen LogP contribution in [0.3, 0.4) is 0 Å². The van der Waals surface area contributed by atoms with Gasteiger partial charge in [0.1, 0.15) is 0 Å². The van der Waals surface area contributed by atoms with Crippen LogP contribution in [0.4, 0.5) is 0 Å². The summed E-state index contributed by atoms with van der Waals surface area (Å²) in [6.45, 7) is 3.33. The van der Waals surface area contributed by atoms with Crippen LogP contribution in [-0.4, -0.2) is 54.4 Å². The number of sulfone groups is 1. The molecule has 0 saturated carbocycles. The van der Waals surface area contributed by atoms with Crippen molar-refractivity contribution >= 4 is 21.7 Å². The number of amides is 1. The fourth-order valence-electron chi connectivity index (χ4n) is 1.66. The predicted molar refractivity (Wildman–Crippen MR) is 56.6 cm³/mol. The molecule has 7 heteroatoms. The number of nitrogens with zero attached hydrogens (tertiary/aromatic N) is 1. The summed E-state index contributed by atoms with van der Waals surface area (Å²) < 4.78 is 22.7. The molecule has 16 heavy (non-hydrogen) atoms. The zero-order valence-electron chi connectivity index (χ0n) is 8.63. The Morgan fingerprint density at radius 2 is 2.12 bits per heavy atom. The van der Waals surface area contributed by atoms with Gasteiger partial charge in [0.2, 0.25) is 5.91 Å². The summed E-state index contributed by atoms with van der Waals surface area (Å²) >= 11 is 0. The Balaban J connectivity index is 2.87. The molecule has 0 spiro atoms. The van der Waals surface area contributed by atoms with Crippen LogP contribution in [0.1, 0.15) is 6.42 Å². The molecule has 1 N–H and O–H groups in total. The smallest absolute Gasteiger partial charge is 0.305 e. The number of carboxylic acids is 1. The third-order valence-corrected chi connectivity index (χ3v) is 4.10. The molecule has 0 aliphatic carbocycles. The monoisotopic (exact) mass is 247 g/mol. The molecular formula is C9H13NO5S. The molecule has 1 rings (SSSR count).